The van der Waals surface area contributed by atoms with Crippen LogP contribution in [0.2, 0.25) is 0 Å². The number of benzene rings is 3. The fourth-order valence-corrected chi connectivity index (χ4v) is 5.24. The Labute approximate surface area is 207 Å². The van der Waals surface area contributed by atoms with Crippen molar-refractivity contribution in [1.82, 2.24) is 9.80 Å². The smallest absolute Gasteiger partial charge is 0.249 e. The number of carbonyl (C=O) groups excluding carboxylic acids is 1. The Hall–Kier alpha value is -3.15. The second-order valence-corrected chi connectivity index (χ2v) is 9.83. The van der Waals surface area contributed by atoms with E-state index in [1.807, 2.05) is 37.4 Å². The third-order valence-electron chi connectivity index (χ3n) is 7.32. The van der Waals surface area contributed by atoms with Crippen LogP contribution in [0.1, 0.15) is 36.3 Å². The van der Waals surface area contributed by atoms with Gasteiger partial charge in [0.05, 0.1) is 0 Å². The van der Waals surface area contributed by atoms with E-state index in [2.05, 4.69) is 47.4 Å². The van der Waals surface area contributed by atoms with Gasteiger partial charge in [-0.3, -0.25) is 4.79 Å². The summed E-state index contributed by atoms with van der Waals surface area (Å²) in [4.78, 5) is 16.3. The minimum atomic E-state index is -0.563. The molecule has 1 N–H and O–H groups in total. The van der Waals surface area contributed by atoms with Crippen LogP contribution in [0, 0.1) is 0 Å². The summed E-state index contributed by atoms with van der Waals surface area (Å²) < 4.78 is 6.00. The van der Waals surface area contributed by atoms with E-state index in [0.29, 0.717) is 18.2 Å². The number of ether oxygens (including phenoxy) is 1. The van der Waals surface area contributed by atoms with Gasteiger partial charge in [-0.25, -0.2) is 0 Å². The number of carbonyl (C=O) groups is 1. The van der Waals surface area contributed by atoms with Gasteiger partial charge in [-0.15, -0.1) is 0 Å². The molecular weight excluding hydrogens is 436 g/mol. The van der Waals surface area contributed by atoms with E-state index in [-0.39, 0.29) is 12.5 Å². The van der Waals surface area contributed by atoms with Gasteiger partial charge in [0.2, 0.25) is 5.91 Å². The maximum absolute atomic E-state index is 12.3. The van der Waals surface area contributed by atoms with Gasteiger partial charge in [0.15, 0.2) is 0 Å². The molecule has 5 rings (SSSR count). The summed E-state index contributed by atoms with van der Waals surface area (Å²) in [5.41, 5.74) is 3.11. The monoisotopic (exact) mass is 470 g/mol. The van der Waals surface area contributed by atoms with Crippen LogP contribution in [0.15, 0.2) is 72.3 Å². The molecule has 1 atom stereocenters. The third-order valence-corrected chi connectivity index (χ3v) is 7.32. The first-order chi connectivity index (χ1) is 17.1. The number of rotatable bonds is 7. The van der Waals surface area contributed by atoms with Gasteiger partial charge in [-0.2, -0.15) is 0 Å². The minimum absolute atomic E-state index is 0.0759. The zero-order chi connectivity index (χ0) is 24.2. The molecule has 0 radical (unpaired) electrons. The van der Waals surface area contributed by atoms with E-state index in [9.17, 15) is 9.90 Å². The van der Waals surface area contributed by atoms with Gasteiger partial charge in [-0.05, 0) is 66.7 Å². The number of amides is 1. The molecule has 35 heavy (non-hydrogen) atoms. The third kappa shape index (κ3) is 5.58. The van der Waals surface area contributed by atoms with Crippen molar-refractivity contribution in [2.45, 2.75) is 31.3 Å². The van der Waals surface area contributed by atoms with Gasteiger partial charge in [0.1, 0.15) is 18.5 Å². The second kappa shape index (κ2) is 10.6. The number of nitrogens with zero attached hydrogens (tertiary/aromatic N) is 2. The number of likely N-dealkylation sites (N-methyl/N-ethyl adjacent to an activating group) is 1. The number of β-amino-alcohol motifs (C(OH)–C–C–N with tert-alkyl or cyclic N) is 1. The summed E-state index contributed by atoms with van der Waals surface area (Å²) in [6.07, 6.45) is 4.31. The van der Waals surface area contributed by atoms with E-state index in [0.717, 1.165) is 50.0 Å². The Morgan fingerprint density at radius 1 is 1.00 bits per heavy atom. The number of hydrogen-bond donors (Lipinski definition) is 1. The van der Waals surface area contributed by atoms with Crippen LogP contribution in [-0.4, -0.2) is 66.8 Å². The van der Waals surface area contributed by atoms with Gasteiger partial charge in [0.25, 0.3) is 0 Å². The summed E-state index contributed by atoms with van der Waals surface area (Å²) in [5, 5.41) is 13.3. The number of piperidine rings is 1. The van der Waals surface area contributed by atoms with Gasteiger partial charge in [0, 0.05) is 31.3 Å². The van der Waals surface area contributed by atoms with Crippen LogP contribution in [-0.2, 0) is 4.79 Å². The molecule has 0 aliphatic carbocycles. The van der Waals surface area contributed by atoms with Gasteiger partial charge in [-0.1, -0.05) is 60.7 Å². The number of aliphatic hydroxyl groups is 1. The standard InChI is InChI=1S/C30H34N2O3/c1-31-15-12-27(30(31)34)19-26-8-4-5-9-29(26)35-21-28(33)20-32-16-13-23(14-17-32)25-11-10-22-6-2-3-7-24(22)18-25/h2-11,18-19,23,28,33H,12-17,20-21H2,1H3/b27-19-/t28-/m0/s1. The molecule has 1 amide bonds. The second-order valence-electron chi connectivity index (χ2n) is 9.83. The van der Waals surface area contributed by atoms with E-state index in [4.69, 9.17) is 4.74 Å². The first kappa shape index (κ1) is 23.6. The first-order valence-electron chi connectivity index (χ1n) is 12.6. The molecule has 2 fully saturated rings. The molecule has 3 aromatic rings. The van der Waals surface area contributed by atoms with Gasteiger partial charge < -0.3 is 19.6 Å². The average molecular weight is 471 g/mol. The van der Waals surface area contributed by atoms with Crippen LogP contribution in [0.3, 0.4) is 0 Å². The Morgan fingerprint density at radius 3 is 2.51 bits per heavy atom. The van der Waals surface area contributed by atoms with Crippen LogP contribution >= 0.6 is 0 Å². The van der Waals surface area contributed by atoms with Crippen molar-refractivity contribution in [2.75, 3.05) is 39.8 Å². The van der Waals surface area contributed by atoms with E-state index < -0.39 is 6.10 Å². The Balaban J connectivity index is 1.13. The zero-order valence-electron chi connectivity index (χ0n) is 20.4. The van der Waals surface area contributed by atoms with E-state index in [1.54, 1.807) is 4.90 Å². The lowest BCUT2D eigenvalue weighted by Crippen LogP contribution is -2.40. The van der Waals surface area contributed by atoms with Crippen LogP contribution in [0.25, 0.3) is 16.8 Å². The van der Waals surface area contributed by atoms with Crippen LogP contribution < -0.4 is 4.74 Å². The fraction of sp³-hybridized carbons (Fsp3) is 0.367. The Morgan fingerprint density at radius 2 is 1.74 bits per heavy atom. The van der Waals surface area contributed by atoms with Crippen molar-refractivity contribution in [3.8, 4) is 5.75 Å². The molecular formula is C30H34N2O3. The highest BCUT2D eigenvalue weighted by Gasteiger charge is 2.24. The largest absolute Gasteiger partial charge is 0.490 e. The lowest BCUT2D eigenvalue weighted by Gasteiger charge is -2.33. The summed E-state index contributed by atoms with van der Waals surface area (Å²) in [6.45, 7) is 3.55. The molecule has 5 nitrogen and oxygen atoms in total. The highest BCUT2D eigenvalue weighted by atomic mass is 16.5. The molecule has 0 aromatic heterocycles. The molecule has 0 saturated carbocycles. The SMILES string of the molecule is CN1CC/C(=C/c2ccccc2OC[C@@H](O)CN2CCC(c3ccc4ccccc4c3)CC2)C1=O. The predicted molar refractivity (Wildman–Crippen MR) is 141 cm³/mol. The van der Waals surface area contributed by atoms with Crippen LogP contribution in [0.4, 0.5) is 0 Å². The minimum Gasteiger partial charge on any atom is -0.490 e. The number of para-hydroxylation sites is 1. The van der Waals surface area contributed by atoms with Crippen molar-refractivity contribution < 1.29 is 14.6 Å². The molecule has 0 bridgehead atoms. The van der Waals surface area contributed by atoms with Crippen molar-refractivity contribution in [3.63, 3.8) is 0 Å². The summed E-state index contributed by atoms with van der Waals surface area (Å²) >= 11 is 0. The van der Waals surface area contributed by atoms with Gasteiger partial charge >= 0.3 is 0 Å². The maximum atomic E-state index is 12.3. The van der Waals surface area contributed by atoms with Crippen LogP contribution in [0.5, 0.6) is 5.75 Å². The van der Waals surface area contributed by atoms with E-state index in [1.165, 1.54) is 16.3 Å². The molecule has 2 heterocycles. The van der Waals surface area contributed by atoms with Crippen molar-refractivity contribution >= 4 is 22.8 Å². The molecule has 0 spiro atoms. The quantitative estimate of drug-likeness (QED) is 0.509. The van der Waals surface area contributed by atoms with Crippen molar-refractivity contribution in [3.05, 3.63) is 83.4 Å². The summed E-state index contributed by atoms with van der Waals surface area (Å²) in [5.74, 6) is 1.35. The highest BCUT2D eigenvalue weighted by Crippen LogP contribution is 2.30. The number of aliphatic hydroxyl groups excluding tert-OH is 1. The molecule has 2 saturated heterocycles. The molecule has 182 valence electrons. The molecule has 3 aromatic carbocycles. The number of likely N-dealkylation sites (tertiary alicyclic amines) is 2. The Kier molecular flexibility index (Phi) is 7.16. The maximum Gasteiger partial charge on any atom is 0.249 e. The van der Waals surface area contributed by atoms with E-state index >= 15 is 0 Å². The first-order valence-corrected chi connectivity index (χ1v) is 12.6. The Bertz CT molecular complexity index is 1210. The highest BCUT2D eigenvalue weighted by molar-refractivity contribution is 6.00. The fourth-order valence-electron chi connectivity index (χ4n) is 5.24. The molecule has 5 heteroatoms. The topological polar surface area (TPSA) is 53.0 Å². The summed E-state index contributed by atoms with van der Waals surface area (Å²) in [7, 11) is 1.83. The van der Waals surface area contributed by atoms with Crippen molar-refractivity contribution in [1.29, 1.82) is 0 Å². The normalized spacial score (nSPS) is 19.5. The molecule has 0 unspecified atom stereocenters. The molecule has 2 aliphatic heterocycles. The molecule has 2 aliphatic rings. The lowest BCUT2D eigenvalue weighted by atomic mass is 9.88. The lowest BCUT2D eigenvalue weighted by molar-refractivity contribution is -0.123. The average Bonchev–Trinajstić information content (AvgIpc) is 3.20. The van der Waals surface area contributed by atoms with Crippen molar-refractivity contribution in [2.24, 2.45) is 0 Å². The number of fused-ring (bicyclic) bond motifs is 1. The number of hydrogen-bond acceptors (Lipinski definition) is 4. The summed E-state index contributed by atoms with van der Waals surface area (Å²) in [6, 6.07) is 23.1. The zero-order valence-corrected chi connectivity index (χ0v) is 20.4. The predicted octanol–water partition coefficient (Wildman–Crippen LogP) is 4.70.